The molecule has 1 unspecified atom stereocenters. The number of aromatic nitrogens is 2. The molecule has 31 heavy (non-hydrogen) atoms. The number of benzene rings is 1. The molecule has 1 aromatic heterocycles. The quantitative estimate of drug-likeness (QED) is 0.738. The average Bonchev–Trinajstić information content (AvgIpc) is 3.11. The standard InChI is InChI=1S/C24H33N5O2/c1-28-21-14-18(17-8-12-29(13-9-17)15-16-6-10-25-11-7-16)2-3-19(21)23(27-28)20-4-5-22(30)26-24(20)31/h2-3,14,16-17,20,25H,4-13,15H2,1H3,(H,26,30,31). The van der Waals surface area contributed by atoms with E-state index in [1.165, 1.54) is 64.0 Å². The second-order valence-electron chi connectivity index (χ2n) is 9.56. The molecule has 0 saturated carbocycles. The van der Waals surface area contributed by atoms with Gasteiger partial charge in [0.25, 0.3) is 0 Å². The Labute approximate surface area is 183 Å². The van der Waals surface area contributed by atoms with Crippen molar-refractivity contribution in [3.05, 3.63) is 29.5 Å². The number of hydrogen-bond donors (Lipinski definition) is 2. The molecule has 5 rings (SSSR count). The number of nitrogens with one attached hydrogen (secondary N) is 2. The molecule has 3 aliphatic heterocycles. The van der Waals surface area contributed by atoms with E-state index < -0.39 is 0 Å². The summed E-state index contributed by atoms with van der Waals surface area (Å²) in [7, 11) is 1.95. The maximum absolute atomic E-state index is 12.4. The smallest absolute Gasteiger partial charge is 0.235 e. The third-order valence-corrected chi connectivity index (χ3v) is 7.51. The molecule has 0 aliphatic carbocycles. The van der Waals surface area contributed by atoms with Crippen molar-refractivity contribution < 1.29 is 9.59 Å². The van der Waals surface area contributed by atoms with Crippen molar-refractivity contribution in [1.29, 1.82) is 0 Å². The van der Waals surface area contributed by atoms with E-state index in [0.717, 1.165) is 22.5 Å². The van der Waals surface area contributed by atoms with Crippen LogP contribution in [-0.2, 0) is 16.6 Å². The summed E-state index contributed by atoms with van der Waals surface area (Å²) < 4.78 is 1.89. The van der Waals surface area contributed by atoms with E-state index in [9.17, 15) is 9.59 Å². The minimum atomic E-state index is -0.342. The summed E-state index contributed by atoms with van der Waals surface area (Å²) in [6.45, 7) is 5.96. The molecule has 7 nitrogen and oxygen atoms in total. The van der Waals surface area contributed by atoms with Crippen LogP contribution in [0, 0.1) is 5.92 Å². The van der Waals surface area contributed by atoms with E-state index in [4.69, 9.17) is 0 Å². The normalized spacial score (nSPS) is 24.6. The Bertz CT molecular complexity index is 970. The van der Waals surface area contributed by atoms with Crippen LogP contribution in [0.25, 0.3) is 10.9 Å². The van der Waals surface area contributed by atoms with Gasteiger partial charge in [-0.2, -0.15) is 5.10 Å². The lowest BCUT2D eigenvalue weighted by atomic mass is 9.87. The molecule has 2 amide bonds. The van der Waals surface area contributed by atoms with E-state index in [0.29, 0.717) is 18.8 Å². The van der Waals surface area contributed by atoms with Gasteiger partial charge in [0, 0.05) is 25.4 Å². The van der Waals surface area contributed by atoms with Gasteiger partial charge in [0.15, 0.2) is 0 Å². The number of imide groups is 1. The molecule has 1 atom stereocenters. The number of nitrogens with zero attached hydrogens (tertiary/aromatic N) is 3. The first-order valence-electron chi connectivity index (χ1n) is 11.8. The van der Waals surface area contributed by atoms with Crippen LogP contribution in [0.2, 0.25) is 0 Å². The molecule has 4 heterocycles. The molecule has 0 spiro atoms. The van der Waals surface area contributed by atoms with Crippen molar-refractivity contribution in [3.63, 3.8) is 0 Å². The summed E-state index contributed by atoms with van der Waals surface area (Å²) in [5.41, 5.74) is 3.26. The summed E-state index contributed by atoms with van der Waals surface area (Å²) in [5.74, 6) is 0.694. The molecule has 7 heteroatoms. The van der Waals surface area contributed by atoms with E-state index in [1.54, 1.807) is 0 Å². The van der Waals surface area contributed by atoms with Crippen LogP contribution in [0.3, 0.4) is 0 Å². The van der Waals surface area contributed by atoms with Crippen LogP contribution in [0.5, 0.6) is 0 Å². The van der Waals surface area contributed by atoms with E-state index >= 15 is 0 Å². The highest BCUT2D eigenvalue weighted by molar-refractivity contribution is 6.02. The van der Waals surface area contributed by atoms with Gasteiger partial charge in [0.1, 0.15) is 0 Å². The molecule has 2 aromatic rings. The van der Waals surface area contributed by atoms with Gasteiger partial charge < -0.3 is 10.2 Å². The SMILES string of the molecule is Cn1nc(C2CCC(=O)NC2=O)c2ccc(C3CCN(CC4CCNCC4)CC3)cc21. The summed E-state index contributed by atoms with van der Waals surface area (Å²) in [4.78, 5) is 26.5. The van der Waals surface area contributed by atoms with E-state index in [2.05, 4.69) is 38.8 Å². The predicted octanol–water partition coefficient (Wildman–Crippen LogP) is 2.27. The van der Waals surface area contributed by atoms with Crippen LogP contribution < -0.4 is 10.6 Å². The Morgan fingerprint density at radius 1 is 1.06 bits per heavy atom. The molecule has 3 fully saturated rings. The highest BCUT2D eigenvalue weighted by Crippen LogP contribution is 2.34. The molecular formula is C24H33N5O2. The zero-order valence-corrected chi connectivity index (χ0v) is 18.4. The van der Waals surface area contributed by atoms with E-state index in [-0.39, 0.29) is 17.7 Å². The fraction of sp³-hybridized carbons (Fsp3) is 0.625. The van der Waals surface area contributed by atoms with Crippen LogP contribution in [0.1, 0.15) is 61.6 Å². The minimum Gasteiger partial charge on any atom is -0.317 e. The Kier molecular flexibility index (Phi) is 5.80. The van der Waals surface area contributed by atoms with Gasteiger partial charge in [-0.3, -0.25) is 19.6 Å². The third kappa shape index (κ3) is 4.26. The lowest BCUT2D eigenvalue weighted by Gasteiger charge is -2.35. The van der Waals surface area contributed by atoms with Crippen LogP contribution in [0.15, 0.2) is 18.2 Å². The first kappa shape index (κ1) is 20.6. The lowest BCUT2D eigenvalue weighted by molar-refractivity contribution is -0.134. The number of carbonyl (C=O) groups is 2. The van der Waals surface area contributed by atoms with Gasteiger partial charge in [-0.05, 0) is 81.7 Å². The number of carbonyl (C=O) groups excluding carboxylic acids is 2. The largest absolute Gasteiger partial charge is 0.317 e. The van der Waals surface area contributed by atoms with Crippen LogP contribution in [-0.4, -0.2) is 59.2 Å². The van der Waals surface area contributed by atoms with Gasteiger partial charge in [-0.25, -0.2) is 0 Å². The number of amides is 2. The lowest BCUT2D eigenvalue weighted by Crippen LogP contribution is -2.39. The van der Waals surface area contributed by atoms with Crippen LogP contribution >= 0.6 is 0 Å². The zero-order valence-electron chi connectivity index (χ0n) is 18.4. The van der Waals surface area contributed by atoms with Crippen molar-refractivity contribution >= 4 is 22.7 Å². The second-order valence-corrected chi connectivity index (χ2v) is 9.56. The third-order valence-electron chi connectivity index (χ3n) is 7.51. The van der Waals surface area contributed by atoms with E-state index in [1.807, 2.05) is 11.7 Å². The molecule has 3 aliphatic rings. The average molecular weight is 424 g/mol. The highest BCUT2D eigenvalue weighted by Gasteiger charge is 2.32. The number of aryl methyl sites for hydroxylation is 1. The Hall–Kier alpha value is -2.25. The molecule has 3 saturated heterocycles. The Morgan fingerprint density at radius 3 is 2.58 bits per heavy atom. The summed E-state index contributed by atoms with van der Waals surface area (Å²) in [6, 6.07) is 6.63. The molecule has 166 valence electrons. The fourth-order valence-corrected chi connectivity index (χ4v) is 5.65. The minimum absolute atomic E-state index is 0.185. The zero-order chi connectivity index (χ0) is 21.4. The number of hydrogen-bond acceptors (Lipinski definition) is 5. The first-order chi connectivity index (χ1) is 15.1. The predicted molar refractivity (Wildman–Crippen MR) is 120 cm³/mol. The number of rotatable bonds is 4. The maximum atomic E-state index is 12.4. The monoisotopic (exact) mass is 423 g/mol. The maximum Gasteiger partial charge on any atom is 0.235 e. The topological polar surface area (TPSA) is 79.3 Å². The van der Waals surface area contributed by atoms with Crippen LogP contribution in [0.4, 0.5) is 0 Å². The number of fused-ring (bicyclic) bond motifs is 1. The molecular weight excluding hydrogens is 390 g/mol. The second kappa shape index (κ2) is 8.71. The fourth-order valence-electron chi connectivity index (χ4n) is 5.65. The van der Waals surface area contributed by atoms with Gasteiger partial charge >= 0.3 is 0 Å². The van der Waals surface area contributed by atoms with Crippen molar-refractivity contribution in [2.24, 2.45) is 13.0 Å². The van der Waals surface area contributed by atoms with Gasteiger partial charge in [0.2, 0.25) is 11.8 Å². The van der Waals surface area contributed by atoms with Crippen molar-refractivity contribution in [3.8, 4) is 0 Å². The highest BCUT2D eigenvalue weighted by atomic mass is 16.2. The van der Waals surface area contributed by atoms with Crippen molar-refractivity contribution in [2.45, 2.75) is 50.4 Å². The van der Waals surface area contributed by atoms with Crippen molar-refractivity contribution in [1.82, 2.24) is 25.3 Å². The van der Waals surface area contributed by atoms with Gasteiger partial charge in [-0.1, -0.05) is 12.1 Å². The summed E-state index contributed by atoms with van der Waals surface area (Å²) in [5, 5.41) is 11.6. The Morgan fingerprint density at radius 2 is 1.84 bits per heavy atom. The molecule has 1 aromatic carbocycles. The number of piperidine rings is 3. The summed E-state index contributed by atoms with van der Waals surface area (Å²) >= 11 is 0. The molecule has 0 radical (unpaired) electrons. The molecule has 0 bridgehead atoms. The number of likely N-dealkylation sites (tertiary alicyclic amines) is 1. The van der Waals surface area contributed by atoms with Gasteiger partial charge in [-0.15, -0.1) is 0 Å². The van der Waals surface area contributed by atoms with Crippen molar-refractivity contribution in [2.75, 3.05) is 32.7 Å². The Balaban J connectivity index is 1.28. The first-order valence-corrected chi connectivity index (χ1v) is 11.8. The summed E-state index contributed by atoms with van der Waals surface area (Å²) in [6.07, 6.45) is 5.94. The molecule has 2 N–H and O–H groups in total. The van der Waals surface area contributed by atoms with Gasteiger partial charge in [0.05, 0.1) is 17.1 Å².